The number of thiazole rings is 1. The van der Waals surface area contributed by atoms with E-state index >= 15 is 0 Å². The summed E-state index contributed by atoms with van der Waals surface area (Å²) in [6.45, 7) is 4.32. The SMILES string of the molecule is CCC(C)c1cc(-c2ccc(F)cc2)c(-c2cncs2)cn1. The van der Waals surface area contributed by atoms with Crippen LogP contribution in [0.4, 0.5) is 4.39 Å². The molecule has 0 aliphatic heterocycles. The Morgan fingerprint density at radius 2 is 1.91 bits per heavy atom. The van der Waals surface area contributed by atoms with Crippen molar-refractivity contribution < 1.29 is 4.39 Å². The average Bonchev–Trinajstić information content (AvgIpc) is 3.08. The van der Waals surface area contributed by atoms with Crippen molar-refractivity contribution in [2.24, 2.45) is 0 Å². The Balaban J connectivity index is 2.16. The van der Waals surface area contributed by atoms with Gasteiger partial charge in [-0.1, -0.05) is 26.0 Å². The van der Waals surface area contributed by atoms with Crippen LogP contribution in [0, 0.1) is 5.82 Å². The van der Waals surface area contributed by atoms with Crippen LogP contribution in [0.3, 0.4) is 0 Å². The molecule has 0 radical (unpaired) electrons. The zero-order valence-electron chi connectivity index (χ0n) is 12.6. The third kappa shape index (κ3) is 2.92. The highest BCUT2D eigenvalue weighted by Gasteiger charge is 2.13. The van der Waals surface area contributed by atoms with E-state index in [4.69, 9.17) is 0 Å². The predicted octanol–water partition coefficient (Wildman–Crippen LogP) is 5.52. The fourth-order valence-electron chi connectivity index (χ4n) is 2.36. The number of aromatic nitrogens is 2. The molecule has 0 aliphatic carbocycles. The molecule has 0 saturated heterocycles. The summed E-state index contributed by atoms with van der Waals surface area (Å²) in [7, 11) is 0. The third-order valence-corrected chi connectivity index (χ3v) is 4.70. The third-order valence-electron chi connectivity index (χ3n) is 3.90. The van der Waals surface area contributed by atoms with Crippen molar-refractivity contribution in [3.63, 3.8) is 0 Å². The fraction of sp³-hybridized carbons (Fsp3) is 0.222. The normalized spacial score (nSPS) is 12.3. The first kappa shape index (κ1) is 14.9. The largest absolute Gasteiger partial charge is 0.260 e. The van der Waals surface area contributed by atoms with Gasteiger partial charge in [0.2, 0.25) is 0 Å². The molecule has 2 nitrogen and oxygen atoms in total. The number of rotatable bonds is 4. The summed E-state index contributed by atoms with van der Waals surface area (Å²) in [5.74, 6) is 0.175. The van der Waals surface area contributed by atoms with Gasteiger partial charge in [-0.15, -0.1) is 11.3 Å². The zero-order valence-corrected chi connectivity index (χ0v) is 13.4. The maximum Gasteiger partial charge on any atom is 0.123 e. The lowest BCUT2D eigenvalue weighted by Gasteiger charge is -2.13. The maximum atomic E-state index is 13.2. The highest BCUT2D eigenvalue weighted by atomic mass is 32.1. The van der Waals surface area contributed by atoms with E-state index in [0.29, 0.717) is 5.92 Å². The fourth-order valence-corrected chi connectivity index (χ4v) is 3.01. The molecule has 1 atom stereocenters. The van der Waals surface area contributed by atoms with Crippen LogP contribution in [0.25, 0.3) is 21.6 Å². The van der Waals surface area contributed by atoms with Crippen molar-refractivity contribution in [3.05, 3.63) is 59.7 Å². The van der Waals surface area contributed by atoms with E-state index in [2.05, 4.69) is 29.9 Å². The molecular formula is C18H17FN2S. The average molecular weight is 312 g/mol. The Kier molecular flexibility index (Phi) is 4.29. The van der Waals surface area contributed by atoms with Crippen LogP contribution in [0.2, 0.25) is 0 Å². The Bertz CT molecular complexity index is 751. The summed E-state index contributed by atoms with van der Waals surface area (Å²) < 4.78 is 13.2. The Labute approximate surface area is 133 Å². The molecule has 22 heavy (non-hydrogen) atoms. The molecule has 4 heteroatoms. The van der Waals surface area contributed by atoms with Gasteiger partial charge in [0.25, 0.3) is 0 Å². The van der Waals surface area contributed by atoms with Gasteiger partial charge in [-0.05, 0) is 41.7 Å². The molecule has 0 spiro atoms. The predicted molar refractivity (Wildman–Crippen MR) is 89.4 cm³/mol. The van der Waals surface area contributed by atoms with Gasteiger partial charge in [-0.2, -0.15) is 0 Å². The number of nitrogens with zero attached hydrogens (tertiary/aromatic N) is 2. The van der Waals surface area contributed by atoms with Crippen LogP contribution >= 0.6 is 11.3 Å². The quantitative estimate of drug-likeness (QED) is 0.633. The summed E-state index contributed by atoms with van der Waals surface area (Å²) >= 11 is 1.58. The topological polar surface area (TPSA) is 25.8 Å². The Morgan fingerprint density at radius 1 is 1.14 bits per heavy atom. The molecule has 1 aromatic carbocycles. The second-order valence-corrected chi connectivity index (χ2v) is 6.22. The highest BCUT2D eigenvalue weighted by molar-refractivity contribution is 7.13. The minimum Gasteiger partial charge on any atom is -0.260 e. The van der Waals surface area contributed by atoms with Crippen molar-refractivity contribution in [1.29, 1.82) is 0 Å². The smallest absolute Gasteiger partial charge is 0.123 e. The number of hydrogen-bond donors (Lipinski definition) is 0. The summed E-state index contributed by atoms with van der Waals surface area (Å²) in [5.41, 5.74) is 5.99. The van der Waals surface area contributed by atoms with E-state index < -0.39 is 0 Å². The number of benzene rings is 1. The molecule has 2 aromatic heterocycles. The summed E-state index contributed by atoms with van der Waals surface area (Å²) in [6, 6.07) is 8.74. The van der Waals surface area contributed by atoms with Gasteiger partial charge in [0, 0.05) is 23.7 Å². The van der Waals surface area contributed by atoms with Crippen molar-refractivity contribution >= 4 is 11.3 Å². The molecular weight excluding hydrogens is 295 g/mol. The Morgan fingerprint density at radius 3 is 2.55 bits per heavy atom. The second kappa shape index (κ2) is 6.36. The Hall–Kier alpha value is -2.07. The molecule has 1 unspecified atom stereocenters. The molecule has 3 aromatic rings. The number of pyridine rings is 1. The molecule has 2 heterocycles. The highest BCUT2D eigenvalue weighted by Crippen LogP contribution is 2.35. The molecule has 0 saturated carbocycles. The van der Waals surface area contributed by atoms with Gasteiger partial charge in [-0.25, -0.2) is 4.39 Å². The molecule has 0 N–H and O–H groups in total. The minimum absolute atomic E-state index is 0.223. The molecule has 0 bridgehead atoms. The van der Waals surface area contributed by atoms with E-state index in [1.807, 2.05) is 30.0 Å². The van der Waals surface area contributed by atoms with Crippen LogP contribution in [0.1, 0.15) is 31.9 Å². The molecule has 0 fully saturated rings. The molecule has 0 amide bonds. The van der Waals surface area contributed by atoms with Crippen molar-refractivity contribution in [2.45, 2.75) is 26.2 Å². The van der Waals surface area contributed by atoms with Crippen molar-refractivity contribution in [3.8, 4) is 21.6 Å². The maximum absolute atomic E-state index is 13.2. The zero-order chi connectivity index (χ0) is 15.5. The van der Waals surface area contributed by atoms with Gasteiger partial charge < -0.3 is 0 Å². The van der Waals surface area contributed by atoms with E-state index in [-0.39, 0.29) is 5.82 Å². The van der Waals surface area contributed by atoms with E-state index in [1.165, 1.54) is 12.1 Å². The first-order chi connectivity index (χ1) is 10.7. The van der Waals surface area contributed by atoms with Crippen LogP contribution in [0.15, 0.2) is 48.2 Å². The molecule has 3 rings (SSSR count). The van der Waals surface area contributed by atoms with E-state index in [0.717, 1.165) is 33.7 Å². The first-order valence-corrected chi connectivity index (χ1v) is 8.21. The van der Waals surface area contributed by atoms with Crippen molar-refractivity contribution in [1.82, 2.24) is 9.97 Å². The van der Waals surface area contributed by atoms with E-state index in [9.17, 15) is 4.39 Å². The number of halogens is 1. The van der Waals surface area contributed by atoms with Gasteiger partial charge in [0.15, 0.2) is 0 Å². The first-order valence-electron chi connectivity index (χ1n) is 7.33. The summed E-state index contributed by atoms with van der Waals surface area (Å²) in [6.07, 6.45) is 4.79. The van der Waals surface area contributed by atoms with Crippen LogP contribution in [0.5, 0.6) is 0 Å². The van der Waals surface area contributed by atoms with Crippen LogP contribution < -0.4 is 0 Å². The van der Waals surface area contributed by atoms with Crippen molar-refractivity contribution in [2.75, 3.05) is 0 Å². The lowest BCUT2D eigenvalue weighted by atomic mass is 9.96. The molecule has 0 aliphatic rings. The minimum atomic E-state index is -0.223. The van der Waals surface area contributed by atoms with Crippen LogP contribution in [-0.2, 0) is 0 Å². The monoisotopic (exact) mass is 312 g/mol. The van der Waals surface area contributed by atoms with E-state index in [1.54, 1.807) is 11.3 Å². The van der Waals surface area contributed by atoms with Gasteiger partial charge in [0.05, 0.1) is 10.4 Å². The lowest BCUT2D eigenvalue weighted by Crippen LogP contribution is -1.97. The number of hydrogen-bond acceptors (Lipinski definition) is 3. The summed E-state index contributed by atoms with van der Waals surface area (Å²) in [5, 5.41) is 0. The van der Waals surface area contributed by atoms with Gasteiger partial charge >= 0.3 is 0 Å². The standard InChI is InChI=1S/C18H17FN2S/c1-3-12(2)17-8-15(13-4-6-14(19)7-5-13)16(9-21-17)18-10-20-11-22-18/h4-12H,3H2,1-2H3. The van der Waals surface area contributed by atoms with Gasteiger partial charge in [-0.3, -0.25) is 9.97 Å². The second-order valence-electron chi connectivity index (χ2n) is 5.34. The van der Waals surface area contributed by atoms with Gasteiger partial charge in [0.1, 0.15) is 5.82 Å². The van der Waals surface area contributed by atoms with Crippen LogP contribution in [-0.4, -0.2) is 9.97 Å². The molecule has 112 valence electrons. The lowest BCUT2D eigenvalue weighted by molar-refractivity contribution is 0.628. The summed E-state index contributed by atoms with van der Waals surface area (Å²) in [4.78, 5) is 9.84.